The van der Waals surface area contributed by atoms with E-state index < -0.39 is 5.97 Å². The monoisotopic (exact) mass is 350 g/mol. The molecule has 0 radical (unpaired) electrons. The van der Waals surface area contributed by atoms with E-state index in [1.54, 1.807) is 11.3 Å². The summed E-state index contributed by atoms with van der Waals surface area (Å²) in [7, 11) is 0. The molecule has 0 spiro atoms. The summed E-state index contributed by atoms with van der Waals surface area (Å²) in [6, 6.07) is 0. The third-order valence-electron chi connectivity index (χ3n) is 3.42. The number of hydrogen-bond donors (Lipinski definition) is 1. The summed E-state index contributed by atoms with van der Waals surface area (Å²) in [4.78, 5) is 12.5. The maximum atomic E-state index is 11.2. The number of carbonyl (C=O) groups is 1. The van der Waals surface area contributed by atoms with Crippen molar-refractivity contribution < 1.29 is 9.90 Å². The molecule has 1 aliphatic carbocycles. The summed E-state index contributed by atoms with van der Waals surface area (Å²) in [5.74, 6) is 0.662. The number of fused-ring (bicyclic) bond motifs is 1. The molecule has 0 amide bonds. The zero-order chi connectivity index (χ0) is 11.9. The first kappa shape index (κ1) is 12.4. The van der Waals surface area contributed by atoms with E-state index >= 15 is 0 Å². The Morgan fingerprint density at radius 3 is 2.81 bits per heavy atom. The molecule has 1 unspecified atom stereocenters. The topological polar surface area (TPSA) is 37.3 Å². The Balaban J connectivity index is 2.35. The molecule has 88 valence electrons. The van der Waals surface area contributed by atoms with Gasteiger partial charge in [-0.1, -0.05) is 13.8 Å². The van der Waals surface area contributed by atoms with Crippen molar-refractivity contribution in [1.29, 1.82) is 0 Å². The number of hydrogen-bond acceptors (Lipinski definition) is 2. The molecule has 2 rings (SSSR count). The highest BCUT2D eigenvalue weighted by molar-refractivity contribution is 14.1. The van der Waals surface area contributed by atoms with Gasteiger partial charge in [0.15, 0.2) is 0 Å². The lowest BCUT2D eigenvalue weighted by Crippen LogP contribution is -2.18. The van der Waals surface area contributed by atoms with E-state index in [9.17, 15) is 9.90 Å². The van der Waals surface area contributed by atoms with Crippen molar-refractivity contribution in [2.24, 2.45) is 11.8 Å². The van der Waals surface area contributed by atoms with Crippen LogP contribution >= 0.6 is 33.9 Å². The maximum absolute atomic E-state index is 11.2. The van der Waals surface area contributed by atoms with Crippen molar-refractivity contribution in [2.75, 3.05) is 0 Å². The number of rotatable bonds is 2. The van der Waals surface area contributed by atoms with Crippen LogP contribution in [-0.2, 0) is 12.8 Å². The molecule has 4 heteroatoms. The van der Waals surface area contributed by atoms with Crippen LogP contribution in [0.3, 0.4) is 0 Å². The quantitative estimate of drug-likeness (QED) is 0.824. The van der Waals surface area contributed by atoms with E-state index in [2.05, 4.69) is 36.4 Å². The molecule has 0 saturated carbocycles. The lowest BCUT2D eigenvalue weighted by atomic mass is 9.81. The minimum atomic E-state index is -0.759. The molecule has 0 fully saturated rings. The van der Waals surface area contributed by atoms with E-state index in [1.807, 2.05) is 0 Å². The molecule has 1 aromatic rings. The Morgan fingerprint density at radius 2 is 2.25 bits per heavy atom. The zero-order valence-corrected chi connectivity index (χ0v) is 12.4. The number of thiophene rings is 1. The van der Waals surface area contributed by atoms with Crippen LogP contribution in [-0.4, -0.2) is 11.1 Å². The van der Waals surface area contributed by atoms with Gasteiger partial charge in [-0.25, -0.2) is 4.79 Å². The highest BCUT2D eigenvalue weighted by Gasteiger charge is 2.28. The van der Waals surface area contributed by atoms with Crippen molar-refractivity contribution in [3.8, 4) is 0 Å². The van der Waals surface area contributed by atoms with Gasteiger partial charge in [-0.05, 0) is 59.3 Å². The van der Waals surface area contributed by atoms with Gasteiger partial charge in [0, 0.05) is 4.88 Å². The van der Waals surface area contributed by atoms with Gasteiger partial charge in [0.2, 0.25) is 0 Å². The Kier molecular flexibility index (Phi) is 3.59. The highest BCUT2D eigenvalue weighted by Crippen LogP contribution is 2.39. The van der Waals surface area contributed by atoms with Gasteiger partial charge in [-0.15, -0.1) is 11.3 Å². The Hall–Kier alpha value is -0.100. The van der Waals surface area contributed by atoms with E-state index in [-0.39, 0.29) is 0 Å². The fraction of sp³-hybridized carbons (Fsp3) is 0.583. The van der Waals surface area contributed by atoms with Crippen molar-refractivity contribution in [3.05, 3.63) is 18.9 Å². The molecule has 0 aromatic carbocycles. The number of halogens is 1. The van der Waals surface area contributed by atoms with Crippen LogP contribution in [0.1, 0.15) is 41.1 Å². The molecule has 1 heterocycles. The molecule has 1 N–H and O–H groups in total. The molecule has 0 aliphatic heterocycles. The smallest absolute Gasteiger partial charge is 0.337 e. The summed E-state index contributed by atoms with van der Waals surface area (Å²) in [6.45, 7) is 4.51. The van der Waals surface area contributed by atoms with E-state index in [1.165, 1.54) is 4.88 Å². The predicted octanol–water partition coefficient (Wildman–Crippen LogP) is 3.81. The average molecular weight is 350 g/mol. The van der Waals surface area contributed by atoms with E-state index in [4.69, 9.17) is 0 Å². The number of carboxylic acid groups (broad SMARTS) is 1. The van der Waals surface area contributed by atoms with Crippen molar-refractivity contribution in [1.82, 2.24) is 0 Å². The summed E-state index contributed by atoms with van der Waals surface area (Å²) >= 11 is 3.83. The maximum Gasteiger partial charge on any atom is 0.337 e. The first-order chi connectivity index (χ1) is 7.50. The Morgan fingerprint density at radius 1 is 1.56 bits per heavy atom. The number of aromatic carboxylic acids is 1. The summed E-state index contributed by atoms with van der Waals surface area (Å²) in [5.41, 5.74) is 1.68. The second-order valence-corrected chi connectivity index (χ2v) is 7.62. The normalized spacial score (nSPS) is 19.9. The lowest BCUT2D eigenvalue weighted by Gasteiger charge is -2.25. The van der Waals surface area contributed by atoms with Crippen molar-refractivity contribution in [2.45, 2.75) is 33.1 Å². The van der Waals surface area contributed by atoms with Crippen LogP contribution in [0.4, 0.5) is 0 Å². The van der Waals surface area contributed by atoms with Crippen molar-refractivity contribution >= 4 is 39.9 Å². The Labute approximate surface area is 113 Å². The van der Waals surface area contributed by atoms with E-state index in [0.717, 1.165) is 33.6 Å². The molecule has 2 nitrogen and oxygen atoms in total. The molecule has 1 atom stereocenters. The van der Waals surface area contributed by atoms with E-state index in [0.29, 0.717) is 11.5 Å². The largest absolute Gasteiger partial charge is 0.478 e. The van der Waals surface area contributed by atoms with Gasteiger partial charge in [-0.3, -0.25) is 0 Å². The average Bonchev–Trinajstić information content (AvgIpc) is 2.51. The van der Waals surface area contributed by atoms with Crippen molar-refractivity contribution in [3.63, 3.8) is 0 Å². The molecular weight excluding hydrogens is 335 g/mol. The molecule has 1 aliphatic rings. The lowest BCUT2D eigenvalue weighted by molar-refractivity contribution is 0.0695. The molecule has 0 bridgehead atoms. The van der Waals surface area contributed by atoms with Gasteiger partial charge >= 0.3 is 5.97 Å². The SMILES string of the molecule is CC(C)C1CCc2c(sc(I)c2C(=O)O)C1. The first-order valence-corrected chi connectivity index (χ1v) is 7.43. The minimum absolute atomic E-state index is 0.572. The molecule has 16 heavy (non-hydrogen) atoms. The number of carboxylic acids is 1. The van der Waals surface area contributed by atoms with Gasteiger partial charge in [0.25, 0.3) is 0 Å². The zero-order valence-electron chi connectivity index (χ0n) is 9.42. The van der Waals surface area contributed by atoms with Crippen LogP contribution in [0.2, 0.25) is 0 Å². The van der Waals surface area contributed by atoms with Crippen LogP contribution in [0, 0.1) is 14.7 Å². The van der Waals surface area contributed by atoms with Crippen LogP contribution in [0.15, 0.2) is 0 Å². The van der Waals surface area contributed by atoms with Gasteiger partial charge < -0.3 is 5.11 Å². The third kappa shape index (κ3) is 2.14. The van der Waals surface area contributed by atoms with Crippen LogP contribution in [0.25, 0.3) is 0 Å². The van der Waals surface area contributed by atoms with Crippen LogP contribution in [0.5, 0.6) is 0 Å². The summed E-state index contributed by atoms with van der Waals surface area (Å²) in [6.07, 6.45) is 3.15. The fourth-order valence-corrected chi connectivity index (χ4v) is 4.87. The molecule has 1 aromatic heterocycles. The first-order valence-electron chi connectivity index (χ1n) is 5.54. The summed E-state index contributed by atoms with van der Waals surface area (Å²) in [5, 5.41) is 9.19. The van der Waals surface area contributed by atoms with Crippen LogP contribution < -0.4 is 0 Å². The van der Waals surface area contributed by atoms with Gasteiger partial charge in [-0.2, -0.15) is 0 Å². The second-order valence-electron chi connectivity index (χ2n) is 4.70. The predicted molar refractivity (Wildman–Crippen MR) is 74.3 cm³/mol. The second kappa shape index (κ2) is 4.64. The molecule has 0 saturated heterocycles. The highest BCUT2D eigenvalue weighted by atomic mass is 127. The fourth-order valence-electron chi connectivity index (χ4n) is 2.36. The van der Waals surface area contributed by atoms with Gasteiger partial charge in [0.1, 0.15) is 0 Å². The Bertz CT molecular complexity index is 423. The summed E-state index contributed by atoms with van der Waals surface area (Å²) < 4.78 is 0.944. The standard InChI is InChI=1S/C12H15IO2S/c1-6(2)7-3-4-8-9(5-7)16-11(13)10(8)12(14)15/h6-7H,3-5H2,1-2H3,(H,14,15). The molecular formula is C12H15IO2S. The van der Waals surface area contributed by atoms with Gasteiger partial charge in [0.05, 0.1) is 8.45 Å². The minimum Gasteiger partial charge on any atom is -0.478 e. The third-order valence-corrected chi connectivity index (χ3v) is 5.66.